The van der Waals surface area contributed by atoms with Crippen molar-refractivity contribution in [1.29, 1.82) is 0 Å². The van der Waals surface area contributed by atoms with E-state index in [0.717, 1.165) is 47.7 Å². The molecule has 8 nitrogen and oxygen atoms in total. The fraction of sp³-hybridized carbons (Fsp3) is 0.333. The fourth-order valence-electron chi connectivity index (χ4n) is 4.88. The number of rotatable bonds is 6. The van der Waals surface area contributed by atoms with Crippen LogP contribution in [0, 0.1) is 0 Å². The van der Waals surface area contributed by atoms with Crippen LogP contribution >= 0.6 is 0 Å². The Bertz CT molecular complexity index is 1290. The Morgan fingerprint density at radius 3 is 2.40 bits per heavy atom. The molecule has 4 aromatic rings. The number of esters is 1. The first kappa shape index (κ1) is 23.0. The van der Waals surface area contributed by atoms with E-state index < -0.39 is 0 Å². The van der Waals surface area contributed by atoms with E-state index >= 15 is 0 Å². The molecule has 1 fully saturated rings. The van der Waals surface area contributed by atoms with Crippen LogP contribution in [-0.4, -0.2) is 62.7 Å². The minimum Gasteiger partial charge on any atom is -0.465 e. The molecule has 3 aromatic heterocycles. The number of ether oxygens (including phenoxy) is 1. The van der Waals surface area contributed by atoms with E-state index in [9.17, 15) is 4.79 Å². The summed E-state index contributed by atoms with van der Waals surface area (Å²) in [5.74, 6) is 0.541. The highest BCUT2D eigenvalue weighted by Crippen LogP contribution is 2.26. The highest BCUT2D eigenvalue weighted by atomic mass is 16.5. The van der Waals surface area contributed by atoms with Crippen LogP contribution in [0.2, 0.25) is 0 Å². The molecule has 35 heavy (non-hydrogen) atoms. The van der Waals surface area contributed by atoms with Crippen LogP contribution in [0.5, 0.6) is 0 Å². The van der Waals surface area contributed by atoms with Crippen LogP contribution in [0.15, 0.2) is 67.3 Å². The minimum atomic E-state index is -0.324. The molecule has 0 aliphatic carbocycles. The van der Waals surface area contributed by atoms with Gasteiger partial charge in [-0.05, 0) is 49.7 Å². The van der Waals surface area contributed by atoms with Crippen molar-refractivity contribution < 1.29 is 9.53 Å². The largest absolute Gasteiger partial charge is 0.465 e. The number of piperazine rings is 1. The Kier molecular flexibility index (Phi) is 6.46. The fourth-order valence-corrected chi connectivity index (χ4v) is 4.88. The van der Waals surface area contributed by atoms with Gasteiger partial charge in [0, 0.05) is 55.7 Å². The molecular weight excluding hydrogens is 440 g/mol. The molecule has 1 aliphatic heterocycles. The first-order valence-electron chi connectivity index (χ1n) is 11.9. The number of benzene rings is 1. The van der Waals surface area contributed by atoms with E-state index in [1.54, 1.807) is 24.5 Å². The molecule has 1 aliphatic rings. The number of carbonyl (C=O) groups excluding carboxylic acids is 1. The minimum absolute atomic E-state index is 0.324. The van der Waals surface area contributed by atoms with Crippen molar-refractivity contribution in [3.63, 3.8) is 0 Å². The maximum Gasteiger partial charge on any atom is 0.337 e. The number of nitrogens with zero attached hydrogens (tertiary/aromatic N) is 6. The van der Waals surface area contributed by atoms with E-state index in [1.807, 2.05) is 24.4 Å². The van der Waals surface area contributed by atoms with Crippen molar-refractivity contribution in [3.05, 3.63) is 84.2 Å². The maximum absolute atomic E-state index is 11.7. The van der Waals surface area contributed by atoms with E-state index in [0.29, 0.717) is 24.2 Å². The topological polar surface area (TPSA) is 76.4 Å². The summed E-state index contributed by atoms with van der Waals surface area (Å²) in [4.78, 5) is 30.2. The maximum atomic E-state index is 11.7. The lowest BCUT2D eigenvalue weighted by molar-refractivity contribution is 0.0600. The van der Waals surface area contributed by atoms with Gasteiger partial charge in [-0.1, -0.05) is 12.1 Å². The first-order chi connectivity index (χ1) is 17.0. The third-order valence-electron chi connectivity index (χ3n) is 6.72. The van der Waals surface area contributed by atoms with Crippen LogP contribution in [-0.2, 0) is 17.8 Å². The molecule has 5 rings (SSSR count). The van der Waals surface area contributed by atoms with Gasteiger partial charge in [-0.3, -0.25) is 4.90 Å². The van der Waals surface area contributed by atoms with Gasteiger partial charge in [0.25, 0.3) is 0 Å². The lowest BCUT2D eigenvalue weighted by atomic mass is 10.1. The van der Waals surface area contributed by atoms with Crippen molar-refractivity contribution >= 4 is 22.7 Å². The zero-order valence-electron chi connectivity index (χ0n) is 20.3. The average Bonchev–Trinajstić information content (AvgIpc) is 3.28. The van der Waals surface area contributed by atoms with Crippen LogP contribution in [0.4, 0.5) is 5.69 Å². The quantitative estimate of drug-likeness (QED) is 0.397. The van der Waals surface area contributed by atoms with Gasteiger partial charge in [-0.15, -0.1) is 0 Å². The van der Waals surface area contributed by atoms with E-state index in [1.165, 1.54) is 7.11 Å². The van der Waals surface area contributed by atoms with Gasteiger partial charge in [0.1, 0.15) is 11.5 Å². The summed E-state index contributed by atoms with van der Waals surface area (Å²) in [5.41, 5.74) is 3.75. The molecule has 180 valence electrons. The Labute approximate surface area is 205 Å². The lowest BCUT2D eigenvalue weighted by Gasteiger charge is -2.45. The highest BCUT2D eigenvalue weighted by Gasteiger charge is 2.30. The van der Waals surface area contributed by atoms with Gasteiger partial charge in [0.15, 0.2) is 0 Å². The smallest absolute Gasteiger partial charge is 0.337 e. The van der Waals surface area contributed by atoms with Crippen LogP contribution in [0.1, 0.15) is 35.6 Å². The average molecular weight is 471 g/mol. The van der Waals surface area contributed by atoms with E-state index in [4.69, 9.17) is 9.72 Å². The highest BCUT2D eigenvalue weighted by molar-refractivity contribution is 5.89. The van der Waals surface area contributed by atoms with Gasteiger partial charge in [0.2, 0.25) is 0 Å². The summed E-state index contributed by atoms with van der Waals surface area (Å²) in [6.07, 6.45) is 7.66. The van der Waals surface area contributed by atoms with Gasteiger partial charge in [0.05, 0.1) is 31.1 Å². The monoisotopic (exact) mass is 470 g/mol. The van der Waals surface area contributed by atoms with Crippen LogP contribution in [0.25, 0.3) is 11.0 Å². The molecule has 1 saturated heterocycles. The number of hydrogen-bond donors (Lipinski definition) is 0. The second kappa shape index (κ2) is 9.84. The van der Waals surface area contributed by atoms with E-state index in [-0.39, 0.29) is 5.97 Å². The zero-order chi connectivity index (χ0) is 24.4. The zero-order valence-corrected chi connectivity index (χ0v) is 20.3. The number of methoxy groups -OCH3 is 1. The third-order valence-corrected chi connectivity index (χ3v) is 6.72. The van der Waals surface area contributed by atoms with Crippen molar-refractivity contribution in [3.8, 4) is 0 Å². The molecule has 0 saturated carbocycles. The number of hydrogen-bond acceptors (Lipinski definition) is 7. The molecule has 0 N–H and O–H groups in total. The van der Waals surface area contributed by atoms with Crippen LogP contribution < -0.4 is 4.90 Å². The Morgan fingerprint density at radius 2 is 1.71 bits per heavy atom. The van der Waals surface area contributed by atoms with Gasteiger partial charge in [-0.25, -0.2) is 19.7 Å². The number of aromatic nitrogens is 4. The summed E-state index contributed by atoms with van der Waals surface area (Å²) in [7, 11) is 1.39. The molecule has 0 unspecified atom stereocenters. The lowest BCUT2D eigenvalue weighted by Crippen LogP contribution is -2.56. The Morgan fingerprint density at radius 1 is 1.00 bits per heavy atom. The Balaban J connectivity index is 1.29. The second-order valence-corrected chi connectivity index (χ2v) is 9.18. The number of fused-ring (bicyclic) bond motifs is 1. The van der Waals surface area contributed by atoms with Crippen molar-refractivity contribution in [2.45, 2.75) is 39.0 Å². The van der Waals surface area contributed by atoms with Crippen LogP contribution in [0.3, 0.4) is 0 Å². The molecule has 0 amide bonds. The predicted octanol–water partition coefficient (Wildman–Crippen LogP) is 3.76. The number of anilines is 1. The molecule has 4 heterocycles. The molecule has 8 heteroatoms. The summed E-state index contributed by atoms with van der Waals surface area (Å²) in [5, 5.41) is 1.12. The summed E-state index contributed by atoms with van der Waals surface area (Å²) >= 11 is 0. The number of carbonyl (C=O) groups is 1. The summed E-state index contributed by atoms with van der Waals surface area (Å²) in [6, 6.07) is 14.4. The predicted molar refractivity (Wildman–Crippen MR) is 135 cm³/mol. The molecule has 0 spiro atoms. The van der Waals surface area contributed by atoms with Crippen molar-refractivity contribution in [2.75, 3.05) is 25.1 Å². The molecule has 1 aromatic carbocycles. The third kappa shape index (κ3) is 4.88. The standard InChI is InChI=1S/C27H30N6O2/c1-19-15-32(16-20(2)33(19)18-25-28-10-4-11-29-25)24-13-23-9-12-31(26(23)30-14-24)17-21-5-7-22(8-6-21)27(34)35-3/h4-14,19-20H,15-18H2,1-3H3/t19-,20+. The van der Waals surface area contributed by atoms with E-state index in [2.05, 4.69) is 56.5 Å². The van der Waals surface area contributed by atoms with Gasteiger partial charge >= 0.3 is 5.97 Å². The normalized spacial score (nSPS) is 18.7. The summed E-state index contributed by atoms with van der Waals surface area (Å²) < 4.78 is 6.91. The Hall–Kier alpha value is -3.78. The number of pyridine rings is 1. The molecule has 0 bridgehead atoms. The molecule has 2 atom stereocenters. The second-order valence-electron chi connectivity index (χ2n) is 9.18. The van der Waals surface area contributed by atoms with Gasteiger partial charge < -0.3 is 14.2 Å². The SMILES string of the molecule is COC(=O)c1ccc(Cn2ccc3cc(N4C[C@@H](C)N(Cc5ncccn5)[C@@H](C)C4)cnc32)cc1. The first-order valence-corrected chi connectivity index (χ1v) is 11.9. The summed E-state index contributed by atoms with van der Waals surface area (Å²) in [6.45, 7) is 7.83. The molecular formula is C27H30N6O2. The van der Waals surface area contributed by atoms with Crippen molar-refractivity contribution in [2.24, 2.45) is 0 Å². The molecule has 0 radical (unpaired) electrons. The van der Waals surface area contributed by atoms with Crippen molar-refractivity contribution in [1.82, 2.24) is 24.4 Å². The van der Waals surface area contributed by atoms with Gasteiger partial charge in [-0.2, -0.15) is 0 Å².